The van der Waals surface area contributed by atoms with Crippen molar-refractivity contribution >= 4 is 39.3 Å². The molecule has 31 heavy (non-hydrogen) atoms. The van der Waals surface area contributed by atoms with E-state index in [-0.39, 0.29) is 11.9 Å². The molecule has 5 rings (SSSR count). The van der Waals surface area contributed by atoms with Crippen molar-refractivity contribution in [3.05, 3.63) is 54.4 Å². The molecule has 0 atom stereocenters. The third kappa shape index (κ3) is 3.70. The van der Waals surface area contributed by atoms with Gasteiger partial charge in [-0.2, -0.15) is 5.10 Å². The van der Waals surface area contributed by atoms with Crippen molar-refractivity contribution in [2.45, 2.75) is 19.9 Å². The van der Waals surface area contributed by atoms with Gasteiger partial charge in [0.2, 0.25) is 5.95 Å². The number of hydrogen-bond acceptors (Lipinski definition) is 6. The maximum atomic E-state index is 12.6. The first-order valence-corrected chi connectivity index (χ1v) is 10.6. The van der Waals surface area contributed by atoms with Gasteiger partial charge < -0.3 is 15.5 Å². The average molecular weight is 416 g/mol. The highest BCUT2D eigenvalue weighted by Gasteiger charge is 2.18. The van der Waals surface area contributed by atoms with E-state index in [0.29, 0.717) is 11.5 Å². The Labute approximate surface area is 180 Å². The number of aromatic nitrogens is 4. The number of piperazine rings is 1. The zero-order valence-electron chi connectivity index (χ0n) is 17.7. The molecule has 0 unspecified atom stereocenters. The smallest absolute Gasteiger partial charge is 0.253 e. The molecule has 1 aliphatic rings. The Morgan fingerprint density at radius 2 is 1.77 bits per heavy atom. The number of hydrogen-bond donors (Lipinski definition) is 2. The third-order valence-electron chi connectivity index (χ3n) is 5.59. The number of nitrogens with zero attached hydrogens (tertiary/aromatic N) is 5. The van der Waals surface area contributed by atoms with Crippen molar-refractivity contribution in [3.63, 3.8) is 0 Å². The number of rotatable bonds is 4. The number of benzene rings is 2. The normalized spacial score (nSPS) is 14.5. The van der Waals surface area contributed by atoms with Crippen molar-refractivity contribution in [1.29, 1.82) is 0 Å². The van der Waals surface area contributed by atoms with Crippen molar-refractivity contribution in [3.8, 4) is 0 Å². The molecule has 1 amide bonds. The second kappa shape index (κ2) is 7.96. The van der Waals surface area contributed by atoms with Crippen LogP contribution in [0.1, 0.15) is 30.2 Å². The Balaban J connectivity index is 1.42. The molecule has 0 saturated carbocycles. The predicted molar refractivity (Wildman–Crippen MR) is 122 cm³/mol. The van der Waals surface area contributed by atoms with Gasteiger partial charge in [0.05, 0.1) is 11.7 Å². The highest BCUT2D eigenvalue weighted by molar-refractivity contribution is 6.03. The topological polar surface area (TPSA) is 88.0 Å². The van der Waals surface area contributed by atoms with E-state index < -0.39 is 0 Å². The van der Waals surface area contributed by atoms with E-state index in [1.807, 2.05) is 58.4 Å². The number of amides is 1. The lowest BCUT2D eigenvalue weighted by Gasteiger charge is -2.27. The van der Waals surface area contributed by atoms with Crippen LogP contribution in [0.15, 0.2) is 48.8 Å². The molecule has 0 aliphatic carbocycles. The van der Waals surface area contributed by atoms with E-state index in [4.69, 9.17) is 4.98 Å². The Bertz CT molecular complexity index is 1240. The molecular formula is C23H25N7O. The molecule has 2 aromatic heterocycles. The number of carbonyl (C=O) groups is 1. The van der Waals surface area contributed by atoms with Gasteiger partial charge in [-0.25, -0.2) is 9.97 Å². The lowest BCUT2D eigenvalue weighted by atomic mass is 10.1. The monoisotopic (exact) mass is 415 g/mol. The molecular weight excluding hydrogens is 390 g/mol. The minimum atomic E-state index is 0.0688. The molecule has 8 heteroatoms. The number of fused-ring (bicyclic) bond motifs is 3. The Hall–Kier alpha value is -3.52. The minimum absolute atomic E-state index is 0.0688. The van der Waals surface area contributed by atoms with Crippen LogP contribution in [-0.2, 0) is 0 Å². The van der Waals surface area contributed by atoms with E-state index in [2.05, 4.69) is 34.6 Å². The summed E-state index contributed by atoms with van der Waals surface area (Å²) in [5.74, 6) is 0.581. The highest BCUT2D eigenvalue weighted by atomic mass is 16.2. The molecule has 0 radical (unpaired) electrons. The third-order valence-corrected chi connectivity index (χ3v) is 5.59. The van der Waals surface area contributed by atoms with Gasteiger partial charge in [0.15, 0.2) is 0 Å². The second-order valence-electron chi connectivity index (χ2n) is 8.06. The van der Waals surface area contributed by atoms with Crippen LogP contribution in [0, 0.1) is 0 Å². The summed E-state index contributed by atoms with van der Waals surface area (Å²) in [6.45, 7) is 7.38. The van der Waals surface area contributed by atoms with Gasteiger partial charge in [-0.05, 0) is 38.1 Å². The van der Waals surface area contributed by atoms with Crippen LogP contribution >= 0.6 is 0 Å². The Morgan fingerprint density at radius 3 is 2.52 bits per heavy atom. The highest BCUT2D eigenvalue weighted by Crippen LogP contribution is 2.27. The van der Waals surface area contributed by atoms with E-state index in [9.17, 15) is 4.79 Å². The summed E-state index contributed by atoms with van der Waals surface area (Å²) in [7, 11) is 0. The summed E-state index contributed by atoms with van der Waals surface area (Å²) < 4.78 is 1.99. The maximum absolute atomic E-state index is 12.6. The summed E-state index contributed by atoms with van der Waals surface area (Å²) in [5.41, 5.74) is 3.40. The zero-order valence-corrected chi connectivity index (χ0v) is 17.7. The van der Waals surface area contributed by atoms with Gasteiger partial charge in [0.25, 0.3) is 5.91 Å². The summed E-state index contributed by atoms with van der Waals surface area (Å²) in [4.78, 5) is 23.8. The Kier molecular flexibility index (Phi) is 4.99. The van der Waals surface area contributed by atoms with Crippen molar-refractivity contribution < 1.29 is 4.79 Å². The lowest BCUT2D eigenvalue weighted by molar-refractivity contribution is 0.0736. The van der Waals surface area contributed by atoms with Crippen molar-refractivity contribution in [1.82, 2.24) is 30.0 Å². The van der Waals surface area contributed by atoms with Crippen LogP contribution in [0.25, 0.3) is 21.8 Å². The summed E-state index contributed by atoms with van der Waals surface area (Å²) in [5, 5.41) is 13.1. The van der Waals surface area contributed by atoms with Gasteiger partial charge in [-0.3, -0.25) is 9.48 Å². The fourth-order valence-electron chi connectivity index (χ4n) is 3.95. The van der Waals surface area contributed by atoms with Crippen LogP contribution in [0.3, 0.4) is 0 Å². The van der Waals surface area contributed by atoms with Gasteiger partial charge in [0.1, 0.15) is 5.52 Å². The molecule has 1 aliphatic heterocycles. The Morgan fingerprint density at radius 1 is 1.03 bits per heavy atom. The molecule has 0 spiro atoms. The SMILES string of the molecule is CC(C)n1ncc2ccc3cnc(Nc4ccc(C(=O)N5CCNCC5)cc4)nc3c21. The summed E-state index contributed by atoms with van der Waals surface area (Å²) >= 11 is 0. The van der Waals surface area contributed by atoms with E-state index in [1.54, 1.807) is 0 Å². The average Bonchev–Trinajstić information content (AvgIpc) is 3.25. The molecule has 2 N–H and O–H groups in total. The van der Waals surface area contributed by atoms with Crippen LogP contribution < -0.4 is 10.6 Å². The van der Waals surface area contributed by atoms with Crippen molar-refractivity contribution in [2.75, 3.05) is 31.5 Å². The number of anilines is 2. The zero-order chi connectivity index (χ0) is 21.4. The molecule has 158 valence electrons. The van der Waals surface area contributed by atoms with Crippen LogP contribution in [0.2, 0.25) is 0 Å². The van der Waals surface area contributed by atoms with Crippen LogP contribution in [0.5, 0.6) is 0 Å². The minimum Gasteiger partial charge on any atom is -0.336 e. The molecule has 3 heterocycles. The van der Waals surface area contributed by atoms with Crippen LogP contribution in [0.4, 0.5) is 11.6 Å². The molecule has 4 aromatic rings. The first-order valence-electron chi connectivity index (χ1n) is 10.6. The van der Waals surface area contributed by atoms with E-state index in [0.717, 1.165) is 53.7 Å². The standard InChI is InChI=1S/C23H25N7O/c1-15(2)30-21-18(14-26-30)4-3-17-13-25-23(28-20(17)21)27-19-7-5-16(6-8-19)22(31)29-11-9-24-10-12-29/h3-8,13-15,24H,9-12H2,1-2H3,(H,25,27,28). The van der Waals surface area contributed by atoms with Gasteiger partial charge >= 0.3 is 0 Å². The van der Waals surface area contributed by atoms with Crippen LogP contribution in [-0.4, -0.2) is 56.7 Å². The second-order valence-corrected chi connectivity index (χ2v) is 8.06. The fraction of sp³-hybridized carbons (Fsp3) is 0.304. The summed E-state index contributed by atoms with van der Waals surface area (Å²) in [6.07, 6.45) is 3.70. The molecule has 1 saturated heterocycles. The first-order chi connectivity index (χ1) is 15.1. The van der Waals surface area contributed by atoms with Crippen molar-refractivity contribution in [2.24, 2.45) is 0 Å². The van der Waals surface area contributed by atoms with Gasteiger partial charge in [0, 0.05) is 60.4 Å². The first kappa shape index (κ1) is 19.4. The quantitative estimate of drug-likeness (QED) is 0.531. The molecule has 0 bridgehead atoms. The molecule has 2 aromatic carbocycles. The van der Waals surface area contributed by atoms with Gasteiger partial charge in [-0.1, -0.05) is 12.1 Å². The maximum Gasteiger partial charge on any atom is 0.253 e. The fourth-order valence-corrected chi connectivity index (χ4v) is 3.95. The number of nitrogens with one attached hydrogen (secondary N) is 2. The molecule has 8 nitrogen and oxygen atoms in total. The van der Waals surface area contributed by atoms with E-state index >= 15 is 0 Å². The van der Waals surface area contributed by atoms with Gasteiger partial charge in [-0.15, -0.1) is 0 Å². The summed E-state index contributed by atoms with van der Waals surface area (Å²) in [6, 6.07) is 11.8. The lowest BCUT2D eigenvalue weighted by Crippen LogP contribution is -2.46. The van der Waals surface area contributed by atoms with E-state index in [1.165, 1.54) is 0 Å². The predicted octanol–water partition coefficient (Wildman–Crippen LogP) is 3.35. The molecule has 1 fully saturated rings. The number of carbonyl (C=O) groups excluding carboxylic acids is 1. The largest absolute Gasteiger partial charge is 0.336 e.